The number of rotatable bonds is 7. The van der Waals surface area contributed by atoms with Gasteiger partial charge in [-0.15, -0.1) is 0 Å². The molecule has 0 spiro atoms. The highest BCUT2D eigenvalue weighted by molar-refractivity contribution is 6.12. The number of aliphatic hydroxyl groups excluding tert-OH is 1. The fraction of sp³-hybridized carbons (Fsp3) is 0.400. The van der Waals surface area contributed by atoms with Crippen LogP contribution < -0.4 is 15.8 Å². The summed E-state index contributed by atoms with van der Waals surface area (Å²) in [6.45, 7) is 5.61. The highest BCUT2D eigenvalue weighted by Gasteiger charge is 2.27. The summed E-state index contributed by atoms with van der Waals surface area (Å²) in [6.07, 6.45) is 1.06. The Bertz CT molecular complexity index is 1060. The molecule has 4 N–H and O–H groups in total. The number of aliphatic imine (C=N–C) groups is 2. The minimum Gasteiger partial charge on any atom is -0.489 e. The molecule has 0 aromatic heterocycles. The van der Waals surface area contributed by atoms with Gasteiger partial charge in [0.1, 0.15) is 12.4 Å². The van der Waals surface area contributed by atoms with Gasteiger partial charge in [0.15, 0.2) is 5.84 Å². The maximum absolute atomic E-state index is 11.9. The van der Waals surface area contributed by atoms with Gasteiger partial charge in [0.2, 0.25) is 0 Å². The van der Waals surface area contributed by atoms with Crippen molar-refractivity contribution in [1.29, 1.82) is 0 Å². The standard InChI is InChI=1S/C25H32N4O4/c1-15(2)33-23-11-8-17(14-21(23)26)16(3)28-24(27-4)20-7-5-6-19-18(20)9-10-22(19)29-25(31)32-13-12-30/h5-8,11,14-15,22,30H,9-10,12-13,26H2,1-4H3,(H,29,31)/b27-24-,28-16+/t22-/m0/s1. The first-order valence-electron chi connectivity index (χ1n) is 11.1. The molecule has 0 saturated carbocycles. The average molecular weight is 453 g/mol. The van der Waals surface area contributed by atoms with E-state index in [1.165, 1.54) is 0 Å². The van der Waals surface area contributed by atoms with Gasteiger partial charge in [-0.2, -0.15) is 0 Å². The molecule has 0 fully saturated rings. The largest absolute Gasteiger partial charge is 0.489 e. The molecule has 0 radical (unpaired) electrons. The number of carbonyl (C=O) groups is 1. The monoisotopic (exact) mass is 452 g/mol. The molecule has 2 aromatic carbocycles. The number of aliphatic hydroxyl groups is 1. The topological polar surface area (TPSA) is 119 Å². The predicted octanol–water partition coefficient (Wildman–Crippen LogP) is 3.65. The Morgan fingerprint density at radius 1 is 1.30 bits per heavy atom. The van der Waals surface area contributed by atoms with Crippen LogP contribution in [0.4, 0.5) is 10.5 Å². The van der Waals surface area contributed by atoms with Gasteiger partial charge in [-0.3, -0.25) is 4.99 Å². The van der Waals surface area contributed by atoms with Crippen LogP contribution in [-0.2, 0) is 11.2 Å². The third-order valence-electron chi connectivity index (χ3n) is 5.40. The summed E-state index contributed by atoms with van der Waals surface area (Å²) in [5.74, 6) is 1.27. The molecule has 8 heteroatoms. The van der Waals surface area contributed by atoms with E-state index < -0.39 is 6.09 Å². The Labute approximate surface area is 194 Å². The molecule has 1 aliphatic carbocycles. The molecular weight excluding hydrogens is 420 g/mol. The van der Waals surface area contributed by atoms with Crippen molar-refractivity contribution >= 4 is 23.3 Å². The van der Waals surface area contributed by atoms with E-state index in [9.17, 15) is 4.79 Å². The number of amides is 1. The van der Waals surface area contributed by atoms with Crippen molar-refractivity contribution in [2.45, 2.75) is 45.8 Å². The van der Waals surface area contributed by atoms with Crippen molar-refractivity contribution in [3.8, 4) is 5.75 Å². The lowest BCUT2D eigenvalue weighted by Gasteiger charge is -2.15. The minimum absolute atomic E-state index is 0.0266. The van der Waals surface area contributed by atoms with E-state index in [1.807, 2.05) is 57.2 Å². The number of carbonyl (C=O) groups excluding carboxylic acids is 1. The fourth-order valence-electron chi connectivity index (χ4n) is 3.92. The van der Waals surface area contributed by atoms with E-state index >= 15 is 0 Å². The number of nitrogens with zero attached hydrogens (tertiary/aromatic N) is 2. The summed E-state index contributed by atoms with van der Waals surface area (Å²) in [5, 5.41) is 11.7. The van der Waals surface area contributed by atoms with Crippen molar-refractivity contribution in [2.24, 2.45) is 9.98 Å². The van der Waals surface area contributed by atoms with Crippen LogP contribution in [0, 0.1) is 0 Å². The lowest BCUT2D eigenvalue weighted by atomic mass is 10.0. The van der Waals surface area contributed by atoms with Crippen LogP contribution >= 0.6 is 0 Å². The lowest BCUT2D eigenvalue weighted by Crippen LogP contribution is -2.28. The molecule has 8 nitrogen and oxygen atoms in total. The highest BCUT2D eigenvalue weighted by atomic mass is 16.6. The summed E-state index contributed by atoms with van der Waals surface area (Å²) in [7, 11) is 1.72. The number of alkyl carbamates (subject to hydrolysis) is 1. The molecular formula is C25H32N4O4. The number of fused-ring (bicyclic) bond motifs is 1. The van der Waals surface area contributed by atoms with Gasteiger partial charge in [0.05, 0.1) is 24.4 Å². The number of benzene rings is 2. The van der Waals surface area contributed by atoms with Crippen molar-refractivity contribution in [3.63, 3.8) is 0 Å². The number of hydrogen-bond acceptors (Lipinski definition) is 6. The minimum atomic E-state index is -0.534. The zero-order chi connectivity index (χ0) is 24.0. The molecule has 1 atom stereocenters. The van der Waals surface area contributed by atoms with E-state index in [4.69, 9.17) is 25.3 Å². The van der Waals surface area contributed by atoms with Crippen LogP contribution in [0.5, 0.6) is 5.75 Å². The summed E-state index contributed by atoms with van der Waals surface area (Å²) in [6, 6.07) is 11.4. The van der Waals surface area contributed by atoms with Crippen LogP contribution in [0.1, 0.15) is 55.5 Å². The predicted molar refractivity (Wildman–Crippen MR) is 130 cm³/mol. The lowest BCUT2D eigenvalue weighted by molar-refractivity contribution is 0.116. The van der Waals surface area contributed by atoms with Gasteiger partial charge in [-0.25, -0.2) is 9.79 Å². The van der Waals surface area contributed by atoms with Gasteiger partial charge in [-0.1, -0.05) is 18.2 Å². The number of nitrogen functional groups attached to an aromatic ring is 1. The molecule has 1 amide bonds. The summed E-state index contributed by atoms with van der Waals surface area (Å²) in [4.78, 5) is 21.2. The van der Waals surface area contributed by atoms with E-state index in [1.54, 1.807) is 7.05 Å². The van der Waals surface area contributed by atoms with Crippen LogP contribution in [0.2, 0.25) is 0 Å². The van der Waals surface area contributed by atoms with Crippen LogP contribution in [0.3, 0.4) is 0 Å². The molecule has 0 saturated heterocycles. The Balaban J connectivity index is 1.84. The first-order chi connectivity index (χ1) is 15.8. The smallest absolute Gasteiger partial charge is 0.407 e. The van der Waals surface area contributed by atoms with Crippen LogP contribution in [0.25, 0.3) is 0 Å². The van der Waals surface area contributed by atoms with Gasteiger partial charge >= 0.3 is 6.09 Å². The SMILES string of the molecule is C/N=C(\N=C(/C)c1ccc(OC(C)C)c(N)c1)c1cccc2c1CC[C@@H]2NC(=O)OCCO. The number of anilines is 1. The molecule has 0 heterocycles. The number of nitrogens with two attached hydrogens (primary N) is 1. The highest BCUT2D eigenvalue weighted by Crippen LogP contribution is 2.34. The summed E-state index contributed by atoms with van der Waals surface area (Å²) < 4.78 is 10.7. The molecule has 0 aliphatic heterocycles. The van der Waals surface area contributed by atoms with Crippen molar-refractivity contribution in [3.05, 3.63) is 58.7 Å². The van der Waals surface area contributed by atoms with Gasteiger partial charge in [0.25, 0.3) is 0 Å². The molecule has 3 rings (SSSR count). The molecule has 1 aliphatic rings. The number of ether oxygens (including phenoxy) is 2. The zero-order valence-electron chi connectivity index (χ0n) is 19.6. The van der Waals surface area contributed by atoms with Gasteiger partial charge in [0, 0.05) is 18.3 Å². The van der Waals surface area contributed by atoms with Gasteiger partial charge < -0.3 is 25.6 Å². The molecule has 176 valence electrons. The third-order valence-corrected chi connectivity index (χ3v) is 5.40. The first-order valence-corrected chi connectivity index (χ1v) is 11.1. The Hall–Kier alpha value is -3.39. The Kier molecular flexibility index (Phi) is 8.06. The van der Waals surface area contributed by atoms with Crippen molar-refractivity contribution in [1.82, 2.24) is 5.32 Å². The van der Waals surface area contributed by atoms with E-state index in [-0.39, 0.29) is 25.4 Å². The maximum Gasteiger partial charge on any atom is 0.407 e. The Morgan fingerprint density at radius 3 is 2.76 bits per heavy atom. The van der Waals surface area contributed by atoms with Crippen LogP contribution in [0.15, 0.2) is 46.4 Å². The van der Waals surface area contributed by atoms with Crippen LogP contribution in [-0.4, -0.2) is 49.1 Å². The van der Waals surface area contributed by atoms with Gasteiger partial charge in [-0.05, 0) is 68.5 Å². The van der Waals surface area contributed by atoms with E-state index in [2.05, 4.69) is 10.3 Å². The molecule has 0 bridgehead atoms. The van der Waals surface area contributed by atoms with Crippen molar-refractivity contribution < 1.29 is 19.4 Å². The quantitative estimate of drug-likeness (QED) is 0.337. The van der Waals surface area contributed by atoms with E-state index in [0.29, 0.717) is 17.3 Å². The number of nitrogens with one attached hydrogen (secondary N) is 1. The second-order valence-corrected chi connectivity index (χ2v) is 8.13. The maximum atomic E-state index is 11.9. The zero-order valence-corrected chi connectivity index (χ0v) is 19.6. The summed E-state index contributed by atoms with van der Waals surface area (Å²) in [5.41, 5.74) is 11.5. The first kappa shape index (κ1) is 24.3. The second-order valence-electron chi connectivity index (χ2n) is 8.13. The summed E-state index contributed by atoms with van der Waals surface area (Å²) >= 11 is 0. The third kappa shape index (κ3) is 5.90. The molecule has 0 unspecified atom stereocenters. The average Bonchev–Trinajstić information content (AvgIpc) is 3.19. The second kappa shape index (κ2) is 11.0. The molecule has 33 heavy (non-hydrogen) atoms. The Morgan fingerprint density at radius 2 is 2.09 bits per heavy atom. The molecule has 2 aromatic rings. The number of amidine groups is 1. The fourth-order valence-corrected chi connectivity index (χ4v) is 3.92. The number of hydrogen-bond donors (Lipinski definition) is 3. The normalized spacial score (nSPS) is 16.0. The van der Waals surface area contributed by atoms with E-state index in [0.717, 1.165) is 40.8 Å². The van der Waals surface area contributed by atoms with Crippen molar-refractivity contribution in [2.75, 3.05) is 26.0 Å².